The van der Waals surface area contributed by atoms with Crippen LogP contribution in [0.3, 0.4) is 0 Å². The van der Waals surface area contributed by atoms with Gasteiger partial charge in [-0.3, -0.25) is 19.3 Å². The lowest BCUT2D eigenvalue weighted by Gasteiger charge is -2.47. The Balaban J connectivity index is 1.63. The Hall–Kier alpha value is -2.17. The van der Waals surface area contributed by atoms with Crippen LogP contribution >= 0.6 is 0 Å². The number of rotatable bonds is 5. The minimum Gasteiger partial charge on any atom is -0.326 e. The Morgan fingerprint density at radius 2 is 1.85 bits per heavy atom. The number of anilines is 1. The van der Waals surface area contributed by atoms with Gasteiger partial charge in [0, 0.05) is 24.6 Å². The molecule has 2 aliphatic rings. The number of amides is 3. The van der Waals surface area contributed by atoms with E-state index in [4.69, 9.17) is 0 Å². The lowest BCUT2D eigenvalue weighted by atomic mass is 9.62. The first-order valence-corrected chi connectivity index (χ1v) is 9.45. The van der Waals surface area contributed by atoms with Crippen molar-refractivity contribution < 1.29 is 14.4 Å². The van der Waals surface area contributed by atoms with Crippen LogP contribution < -0.4 is 5.32 Å². The normalized spacial score (nSPS) is 26.9. The van der Waals surface area contributed by atoms with Crippen molar-refractivity contribution in [2.75, 3.05) is 11.9 Å². The summed E-state index contributed by atoms with van der Waals surface area (Å²) in [6.45, 7) is 8.23. The first-order valence-electron chi connectivity index (χ1n) is 9.45. The molecule has 2 unspecified atom stereocenters. The fourth-order valence-corrected chi connectivity index (χ4v) is 4.37. The summed E-state index contributed by atoms with van der Waals surface area (Å²) in [6.07, 6.45) is 2.56. The number of carbonyl (C=O) groups is 3. The number of nitrogens with one attached hydrogen (secondary N) is 1. The van der Waals surface area contributed by atoms with Crippen LogP contribution in [0.4, 0.5) is 5.69 Å². The Morgan fingerprint density at radius 3 is 2.46 bits per heavy atom. The number of carbonyl (C=O) groups excluding carboxylic acids is 3. The molecule has 3 amide bonds. The van der Waals surface area contributed by atoms with Gasteiger partial charge in [-0.2, -0.15) is 0 Å². The van der Waals surface area contributed by atoms with Crippen molar-refractivity contribution in [3.63, 3.8) is 0 Å². The number of fused-ring (bicyclic) bond motifs is 2. The van der Waals surface area contributed by atoms with E-state index in [1.807, 2.05) is 45.0 Å². The van der Waals surface area contributed by atoms with Gasteiger partial charge in [0.05, 0.1) is 5.41 Å². The molecule has 1 saturated heterocycles. The third kappa shape index (κ3) is 2.83. The average molecular weight is 356 g/mol. The molecule has 1 saturated carbocycles. The maximum atomic E-state index is 12.9. The molecule has 1 aromatic carbocycles. The summed E-state index contributed by atoms with van der Waals surface area (Å²) < 4.78 is 0. The molecule has 2 atom stereocenters. The highest BCUT2D eigenvalue weighted by atomic mass is 16.2. The number of imide groups is 1. The second-order valence-corrected chi connectivity index (χ2v) is 8.29. The molecule has 1 aliphatic heterocycles. The van der Waals surface area contributed by atoms with Crippen molar-refractivity contribution in [1.29, 1.82) is 0 Å². The average Bonchev–Trinajstić information content (AvgIpc) is 2.79. The number of aryl methyl sites for hydroxylation is 1. The van der Waals surface area contributed by atoms with Crippen LogP contribution in [0.5, 0.6) is 0 Å². The second kappa shape index (κ2) is 6.53. The molecule has 0 radical (unpaired) electrons. The number of hydrogen-bond acceptors (Lipinski definition) is 3. The van der Waals surface area contributed by atoms with Gasteiger partial charge in [-0.15, -0.1) is 0 Å². The van der Waals surface area contributed by atoms with E-state index < -0.39 is 5.41 Å². The van der Waals surface area contributed by atoms with Gasteiger partial charge in [-0.25, -0.2) is 0 Å². The van der Waals surface area contributed by atoms with Crippen LogP contribution in [-0.4, -0.2) is 29.2 Å². The molecule has 5 nitrogen and oxygen atoms in total. The molecule has 0 aromatic heterocycles. The number of benzene rings is 1. The third-order valence-corrected chi connectivity index (χ3v) is 6.72. The molecule has 140 valence electrons. The van der Waals surface area contributed by atoms with Gasteiger partial charge >= 0.3 is 0 Å². The minimum atomic E-state index is -0.516. The lowest BCUT2D eigenvalue weighted by Crippen LogP contribution is -2.59. The zero-order valence-electron chi connectivity index (χ0n) is 16.1. The monoisotopic (exact) mass is 356 g/mol. The zero-order valence-corrected chi connectivity index (χ0v) is 16.1. The van der Waals surface area contributed by atoms with Crippen LogP contribution in [0.2, 0.25) is 0 Å². The van der Waals surface area contributed by atoms with Crippen molar-refractivity contribution in [3.05, 3.63) is 29.8 Å². The van der Waals surface area contributed by atoms with E-state index in [0.29, 0.717) is 0 Å². The van der Waals surface area contributed by atoms with Crippen molar-refractivity contribution >= 4 is 23.4 Å². The topological polar surface area (TPSA) is 66.5 Å². The van der Waals surface area contributed by atoms with Crippen molar-refractivity contribution in [1.82, 2.24) is 4.90 Å². The highest BCUT2D eigenvalue weighted by Gasteiger charge is 2.64. The summed E-state index contributed by atoms with van der Waals surface area (Å²) in [4.78, 5) is 39.3. The smallest absolute Gasteiger partial charge is 0.235 e. The molecule has 1 N–H and O–H groups in total. The standard InChI is InChI=1S/C21H28N2O3/c1-5-14-6-8-15(9-7-14)22-17(24)11-13-23-18(25)16-10-12-21(4,19(23)26)20(16,2)3/h6-9,16H,5,10-13H2,1-4H3,(H,22,24). The fraction of sp³-hybridized carbons (Fsp3) is 0.571. The van der Waals surface area contributed by atoms with Gasteiger partial charge in [0.1, 0.15) is 0 Å². The van der Waals surface area contributed by atoms with E-state index in [0.717, 1.165) is 24.9 Å². The summed E-state index contributed by atoms with van der Waals surface area (Å²) in [6, 6.07) is 7.71. The van der Waals surface area contributed by atoms with Crippen molar-refractivity contribution in [2.24, 2.45) is 16.7 Å². The highest BCUT2D eigenvalue weighted by molar-refractivity contribution is 6.04. The van der Waals surface area contributed by atoms with Crippen molar-refractivity contribution in [2.45, 2.75) is 53.4 Å². The fourth-order valence-electron chi connectivity index (χ4n) is 4.37. The highest BCUT2D eigenvalue weighted by Crippen LogP contribution is 2.59. The molecule has 2 fully saturated rings. The first-order chi connectivity index (χ1) is 12.2. The van der Waals surface area contributed by atoms with Crippen LogP contribution in [-0.2, 0) is 20.8 Å². The largest absolute Gasteiger partial charge is 0.326 e. The van der Waals surface area contributed by atoms with E-state index >= 15 is 0 Å². The Morgan fingerprint density at radius 1 is 1.19 bits per heavy atom. The predicted molar refractivity (Wildman–Crippen MR) is 100 cm³/mol. The van der Waals surface area contributed by atoms with Crippen LogP contribution in [0.15, 0.2) is 24.3 Å². The summed E-state index contributed by atoms with van der Waals surface area (Å²) in [5.74, 6) is -0.552. The molecule has 2 bridgehead atoms. The molecular formula is C21H28N2O3. The van der Waals surface area contributed by atoms with Gasteiger partial charge in [-0.1, -0.05) is 39.8 Å². The van der Waals surface area contributed by atoms with E-state index in [2.05, 4.69) is 12.2 Å². The van der Waals surface area contributed by atoms with E-state index in [1.165, 1.54) is 10.5 Å². The Bertz CT molecular complexity index is 738. The first kappa shape index (κ1) is 18.6. The van der Waals surface area contributed by atoms with Gasteiger partial charge in [0.25, 0.3) is 0 Å². The van der Waals surface area contributed by atoms with E-state index in [-0.39, 0.29) is 42.0 Å². The number of hydrogen-bond donors (Lipinski definition) is 1. The summed E-state index contributed by atoms with van der Waals surface area (Å²) >= 11 is 0. The molecule has 5 heteroatoms. The molecule has 26 heavy (non-hydrogen) atoms. The number of likely N-dealkylation sites (tertiary alicyclic amines) is 1. The quantitative estimate of drug-likeness (QED) is 0.823. The van der Waals surface area contributed by atoms with Gasteiger partial charge < -0.3 is 5.32 Å². The van der Waals surface area contributed by atoms with Gasteiger partial charge in [0.2, 0.25) is 17.7 Å². The lowest BCUT2D eigenvalue weighted by molar-refractivity contribution is -0.167. The molecule has 0 spiro atoms. The van der Waals surface area contributed by atoms with E-state index in [1.54, 1.807) is 0 Å². The van der Waals surface area contributed by atoms with Crippen molar-refractivity contribution in [3.8, 4) is 0 Å². The maximum Gasteiger partial charge on any atom is 0.235 e. The number of piperidine rings is 1. The van der Waals surface area contributed by atoms with Gasteiger partial charge in [0.15, 0.2) is 0 Å². The molecule has 3 rings (SSSR count). The van der Waals surface area contributed by atoms with Crippen LogP contribution in [0.1, 0.15) is 52.5 Å². The Kier molecular flexibility index (Phi) is 4.67. The molecule has 1 aromatic rings. The number of nitrogens with zero attached hydrogens (tertiary/aromatic N) is 1. The molecule has 1 aliphatic carbocycles. The van der Waals surface area contributed by atoms with E-state index in [9.17, 15) is 14.4 Å². The van der Waals surface area contributed by atoms with Gasteiger partial charge in [-0.05, 0) is 42.4 Å². The maximum absolute atomic E-state index is 12.9. The molecule has 1 heterocycles. The third-order valence-electron chi connectivity index (χ3n) is 6.72. The summed E-state index contributed by atoms with van der Waals surface area (Å²) in [5, 5.41) is 2.84. The summed E-state index contributed by atoms with van der Waals surface area (Å²) in [7, 11) is 0. The van der Waals surface area contributed by atoms with Crippen LogP contribution in [0.25, 0.3) is 0 Å². The van der Waals surface area contributed by atoms with Crippen LogP contribution in [0, 0.1) is 16.7 Å². The minimum absolute atomic E-state index is 0.116. The second-order valence-electron chi connectivity index (χ2n) is 8.29. The SMILES string of the molecule is CCc1ccc(NC(=O)CCN2C(=O)C3CCC(C)(C2=O)C3(C)C)cc1. The Labute approximate surface area is 155 Å². The zero-order chi connectivity index (χ0) is 19.1. The predicted octanol–water partition coefficient (Wildman–Crippen LogP) is 3.39. The summed E-state index contributed by atoms with van der Waals surface area (Å²) in [5.41, 5.74) is 1.11. The molecular weight excluding hydrogens is 328 g/mol.